The van der Waals surface area contributed by atoms with Crippen LogP contribution >= 0.6 is 0 Å². The van der Waals surface area contributed by atoms with Gasteiger partial charge in [0.1, 0.15) is 28.9 Å². The number of anilines is 1. The maximum atomic E-state index is 10.5. The molecule has 0 saturated carbocycles. The van der Waals surface area contributed by atoms with E-state index in [1.807, 2.05) is 0 Å². The average molecular weight is 375 g/mol. The van der Waals surface area contributed by atoms with Crippen molar-refractivity contribution in [2.45, 2.75) is 0 Å². The van der Waals surface area contributed by atoms with Crippen LogP contribution in [0.4, 0.5) is 5.69 Å². The Hall–Kier alpha value is -3.99. The van der Waals surface area contributed by atoms with Crippen molar-refractivity contribution >= 4 is 28.1 Å². The molecule has 0 aliphatic carbocycles. The molecule has 8 nitrogen and oxygen atoms in total. The van der Waals surface area contributed by atoms with Crippen molar-refractivity contribution < 1.29 is 14.6 Å². The molecule has 1 aromatic heterocycles. The van der Waals surface area contributed by atoms with Gasteiger partial charge in [-0.2, -0.15) is 5.26 Å². The highest BCUT2D eigenvalue weighted by atomic mass is 16.5. The average Bonchev–Trinajstić information content (AvgIpc) is 3.26. The molecule has 0 unspecified atom stereocenters. The van der Waals surface area contributed by atoms with Crippen LogP contribution in [0.1, 0.15) is 11.4 Å². The van der Waals surface area contributed by atoms with E-state index >= 15 is 0 Å². The Balaban J connectivity index is 1.72. The van der Waals surface area contributed by atoms with Gasteiger partial charge in [-0.05, 0) is 18.2 Å². The first-order valence-corrected chi connectivity index (χ1v) is 8.46. The van der Waals surface area contributed by atoms with Gasteiger partial charge in [0.15, 0.2) is 0 Å². The molecule has 3 aromatic rings. The van der Waals surface area contributed by atoms with E-state index in [2.05, 4.69) is 16.0 Å². The van der Waals surface area contributed by atoms with Gasteiger partial charge in [-0.1, -0.05) is 0 Å². The van der Waals surface area contributed by atoms with E-state index in [9.17, 15) is 5.11 Å². The quantitative estimate of drug-likeness (QED) is 0.644. The number of methoxy groups -OCH3 is 2. The largest absolute Gasteiger partial charge is 0.509 e. The molecule has 3 N–H and O–H groups in total. The molecule has 0 spiro atoms. The number of hydrogen-bond acceptors (Lipinski definition) is 6. The number of H-pyrrole nitrogens is 1. The van der Waals surface area contributed by atoms with Gasteiger partial charge in [0.05, 0.1) is 54.7 Å². The summed E-state index contributed by atoms with van der Waals surface area (Å²) in [5.74, 6) is 1.69. The summed E-state index contributed by atoms with van der Waals surface area (Å²) in [5.41, 5.74) is 2.81. The lowest BCUT2D eigenvalue weighted by Gasteiger charge is -2.20. The van der Waals surface area contributed by atoms with Crippen LogP contribution in [-0.4, -0.2) is 41.7 Å². The van der Waals surface area contributed by atoms with Crippen LogP contribution in [0.3, 0.4) is 0 Å². The van der Waals surface area contributed by atoms with Crippen molar-refractivity contribution in [1.82, 2.24) is 9.97 Å². The standard InChI is InChI=1S/C20H17N5O3/c1-27-13-6-12(7-14(8-13)28-2)25-10-17(26)18(19(25)22)20-23-15-4-3-11(9-21)5-16(15)24-20/h3-8,22,26H,10H2,1-2H3,(H,23,24). The summed E-state index contributed by atoms with van der Waals surface area (Å²) in [7, 11) is 3.11. The Morgan fingerprint density at radius 1 is 1.18 bits per heavy atom. The third-order valence-corrected chi connectivity index (χ3v) is 4.60. The van der Waals surface area contributed by atoms with Gasteiger partial charge in [0.2, 0.25) is 0 Å². The Morgan fingerprint density at radius 3 is 2.54 bits per heavy atom. The number of aliphatic hydroxyl groups excluding tert-OH is 1. The molecule has 0 amide bonds. The van der Waals surface area contributed by atoms with Crippen LogP contribution < -0.4 is 14.4 Å². The van der Waals surface area contributed by atoms with E-state index in [4.69, 9.17) is 20.1 Å². The van der Waals surface area contributed by atoms with Gasteiger partial charge >= 0.3 is 0 Å². The summed E-state index contributed by atoms with van der Waals surface area (Å²) in [6.07, 6.45) is 0. The number of aliphatic hydroxyl groups is 1. The minimum absolute atomic E-state index is 0.0337. The van der Waals surface area contributed by atoms with Crippen LogP contribution in [0, 0.1) is 16.7 Å². The number of nitrogens with zero attached hydrogens (tertiary/aromatic N) is 3. The third-order valence-electron chi connectivity index (χ3n) is 4.60. The minimum Gasteiger partial charge on any atom is -0.509 e. The molecule has 0 atom stereocenters. The number of imidazole rings is 1. The number of aromatic amines is 1. The number of hydrogen-bond donors (Lipinski definition) is 3. The Bertz CT molecular complexity index is 1150. The number of nitrogens with one attached hydrogen (secondary N) is 2. The zero-order valence-electron chi connectivity index (χ0n) is 15.3. The van der Waals surface area contributed by atoms with E-state index in [0.717, 1.165) is 0 Å². The lowest BCUT2D eigenvalue weighted by Crippen LogP contribution is -2.26. The summed E-state index contributed by atoms with van der Waals surface area (Å²) in [6, 6.07) is 12.5. The van der Waals surface area contributed by atoms with Crippen molar-refractivity contribution in [2.24, 2.45) is 0 Å². The Labute approximate surface area is 160 Å². The minimum atomic E-state index is 0.0337. The number of aromatic nitrogens is 2. The monoisotopic (exact) mass is 375 g/mol. The first-order chi connectivity index (χ1) is 13.5. The normalized spacial score (nSPS) is 13.9. The predicted octanol–water partition coefficient (Wildman–Crippen LogP) is 3.22. The number of rotatable bonds is 4. The van der Waals surface area contributed by atoms with E-state index in [1.165, 1.54) is 0 Å². The summed E-state index contributed by atoms with van der Waals surface area (Å²) < 4.78 is 10.6. The molecule has 0 radical (unpaired) electrons. The molecule has 1 aliphatic rings. The number of ether oxygens (including phenoxy) is 2. The highest BCUT2D eigenvalue weighted by Crippen LogP contribution is 2.35. The first kappa shape index (κ1) is 17.4. The van der Waals surface area contributed by atoms with Crippen LogP contribution in [0.25, 0.3) is 16.6 Å². The third kappa shape index (κ3) is 2.79. The summed E-state index contributed by atoms with van der Waals surface area (Å²) >= 11 is 0. The second-order valence-corrected chi connectivity index (χ2v) is 6.26. The van der Waals surface area contributed by atoms with Crippen molar-refractivity contribution in [3.63, 3.8) is 0 Å². The van der Waals surface area contributed by atoms with Gasteiger partial charge in [-0.25, -0.2) is 4.98 Å². The Morgan fingerprint density at radius 2 is 1.89 bits per heavy atom. The number of fused-ring (bicyclic) bond motifs is 1. The lowest BCUT2D eigenvalue weighted by atomic mass is 10.2. The fourth-order valence-electron chi connectivity index (χ4n) is 3.19. The zero-order valence-corrected chi connectivity index (χ0v) is 15.3. The highest BCUT2D eigenvalue weighted by Gasteiger charge is 2.31. The van der Waals surface area contributed by atoms with Gasteiger partial charge in [0, 0.05) is 18.2 Å². The molecule has 4 rings (SSSR count). The molecule has 0 saturated heterocycles. The fourth-order valence-corrected chi connectivity index (χ4v) is 3.19. The van der Waals surface area contributed by atoms with E-state index in [-0.39, 0.29) is 18.1 Å². The van der Waals surface area contributed by atoms with Crippen LogP contribution in [-0.2, 0) is 0 Å². The van der Waals surface area contributed by atoms with E-state index in [1.54, 1.807) is 55.5 Å². The molecule has 1 aliphatic heterocycles. The summed E-state index contributed by atoms with van der Waals surface area (Å²) in [6.45, 7) is 0.130. The lowest BCUT2D eigenvalue weighted by molar-refractivity contribution is 0.394. The summed E-state index contributed by atoms with van der Waals surface area (Å²) in [4.78, 5) is 9.20. The van der Waals surface area contributed by atoms with Gasteiger partial charge in [-0.3, -0.25) is 5.41 Å². The van der Waals surface area contributed by atoms with Crippen molar-refractivity contribution in [3.8, 4) is 17.6 Å². The second kappa shape index (κ2) is 6.63. The van der Waals surface area contributed by atoms with Gasteiger partial charge < -0.3 is 24.5 Å². The maximum absolute atomic E-state index is 10.5. The smallest absolute Gasteiger partial charge is 0.145 e. The van der Waals surface area contributed by atoms with E-state index < -0.39 is 0 Å². The van der Waals surface area contributed by atoms with Crippen molar-refractivity contribution in [2.75, 3.05) is 25.7 Å². The van der Waals surface area contributed by atoms with Crippen LogP contribution in [0.15, 0.2) is 42.2 Å². The number of benzene rings is 2. The predicted molar refractivity (Wildman–Crippen MR) is 105 cm³/mol. The molecule has 28 heavy (non-hydrogen) atoms. The fraction of sp³-hybridized carbons (Fsp3) is 0.150. The molecular weight excluding hydrogens is 358 g/mol. The van der Waals surface area contributed by atoms with Crippen molar-refractivity contribution in [1.29, 1.82) is 10.7 Å². The Kier molecular flexibility index (Phi) is 4.12. The van der Waals surface area contributed by atoms with Gasteiger partial charge in [-0.15, -0.1) is 0 Å². The SMILES string of the molecule is COc1cc(OC)cc(N2CC(O)=C(c3nc4ccc(C#N)cc4[nH]3)C2=N)c1. The first-order valence-electron chi connectivity index (χ1n) is 8.46. The maximum Gasteiger partial charge on any atom is 0.145 e. The molecule has 0 bridgehead atoms. The summed E-state index contributed by atoms with van der Waals surface area (Å²) in [5, 5.41) is 28.2. The van der Waals surface area contributed by atoms with Gasteiger partial charge in [0.25, 0.3) is 0 Å². The molecule has 0 fully saturated rings. The molecular formula is C20H17N5O3. The molecule has 8 heteroatoms. The van der Waals surface area contributed by atoms with Crippen LogP contribution in [0.5, 0.6) is 11.5 Å². The second-order valence-electron chi connectivity index (χ2n) is 6.26. The number of nitriles is 1. The molecule has 2 aromatic carbocycles. The van der Waals surface area contributed by atoms with E-state index in [0.29, 0.717) is 45.2 Å². The number of amidine groups is 1. The molecule has 2 heterocycles. The van der Waals surface area contributed by atoms with Crippen LogP contribution in [0.2, 0.25) is 0 Å². The highest BCUT2D eigenvalue weighted by molar-refractivity contribution is 6.30. The zero-order chi connectivity index (χ0) is 19.8. The molecule has 140 valence electrons. The van der Waals surface area contributed by atoms with Crippen molar-refractivity contribution in [3.05, 3.63) is 53.5 Å². The topological polar surface area (TPSA) is 118 Å².